The highest BCUT2D eigenvalue weighted by atomic mass is 16.5. The molecule has 0 bridgehead atoms. The number of carbonyl (C=O) groups is 1. The van der Waals surface area contributed by atoms with Crippen molar-refractivity contribution in [1.82, 2.24) is 10.3 Å². The molecule has 3 atom stereocenters. The van der Waals surface area contributed by atoms with Gasteiger partial charge in [0.1, 0.15) is 6.61 Å². The summed E-state index contributed by atoms with van der Waals surface area (Å²) in [6.07, 6.45) is 4.59. The molecule has 1 aromatic heterocycles. The summed E-state index contributed by atoms with van der Waals surface area (Å²) in [4.78, 5) is 17.3. The Bertz CT molecular complexity index is 837. The zero-order chi connectivity index (χ0) is 20.2. The maximum Gasteiger partial charge on any atom is 0.408 e. The van der Waals surface area contributed by atoms with Crippen LogP contribution in [0.3, 0.4) is 0 Å². The highest BCUT2D eigenvalue weighted by molar-refractivity contribution is 5.69. The number of hydrogen-bond acceptors (Lipinski definition) is 5. The smallest absolute Gasteiger partial charge is 0.408 e. The van der Waals surface area contributed by atoms with Crippen LogP contribution in [-0.4, -0.2) is 24.2 Å². The van der Waals surface area contributed by atoms with E-state index in [4.69, 9.17) is 9.47 Å². The van der Waals surface area contributed by atoms with Crippen LogP contribution in [0.1, 0.15) is 49.9 Å². The monoisotopic (exact) mass is 395 g/mol. The molecule has 1 fully saturated rings. The van der Waals surface area contributed by atoms with Gasteiger partial charge in [-0.2, -0.15) is 0 Å². The van der Waals surface area contributed by atoms with Crippen molar-refractivity contribution in [2.45, 2.75) is 51.3 Å². The number of carbonyl (C=O) groups excluding carboxylic acids is 1. The maximum atomic E-state index is 12.6. The molecule has 2 heterocycles. The molecule has 1 aromatic carbocycles. The van der Waals surface area contributed by atoms with Crippen LogP contribution < -0.4 is 15.4 Å². The molecule has 0 radical (unpaired) electrons. The van der Waals surface area contributed by atoms with Crippen LogP contribution in [0, 0.1) is 11.8 Å². The highest BCUT2D eigenvalue weighted by Crippen LogP contribution is 2.42. The molecule has 6 heteroatoms. The topological polar surface area (TPSA) is 72.5 Å². The number of alkyl carbamates (subject to hydrolysis) is 1. The first kappa shape index (κ1) is 19.6. The van der Waals surface area contributed by atoms with Crippen molar-refractivity contribution in [3.8, 4) is 5.88 Å². The van der Waals surface area contributed by atoms with E-state index in [1.54, 1.807) is 7.11 Å². The summed E-state index contributed by atoms with van der Waals surface area (Å²) in [6.45, 7) is 2.43. The van der Waals surface area contributed by atoms with Crippen molar-refractivity contribution in [2.75, 3.05) is 12.4 Å². The summed E-state index contributed by atoms with van der Waals surface area (Å²) >= 11 is 0. The Morgan fingerprint density at radius 1 is 1.17 bits per heavy atom. The van der Waals surface area contributed by atoms with Crippen molar-refractivity contribution in [3.05, 3.63) is 53.7 Å². The van der Waals surface area contributed by atoms with Gasteiger partial charge in [-0.15, -0.1) is 0 Å². The molecule has 1 unspecified atom stereocenters. The van der Waals surface area contributed by atoms with E-state index in [1.807, 2.05) is 42.5 Å². The number of hydrogen-bond donors (Lipinski definition) is 2. The van der Waals surface area contributed by atoms with Gasteiger partial charge >= 0.3 is 6.09 Å². The minimum Gasteiger partial charge on any atom is -0.481 e. The van der Waals surface area contributed by atoms with E-state index < -0.39 is 6.09 Å². The summed E-state index contributed by atoms with van der Waals surface area (Å²) < 4.78 is 10.8. The number of rotatable bonds is 5. The maximum absolute atomic E-state index is 12.6. The Morgan fingerprint density at radius 3 is 2.66 bits per heavy atom. The zero-order valence-corrected chi connectivity index (χ0v) is 17.1. The summed E-state index contributed by atoms with van der Waals surface area (Å²) in [6, 6.07) is 13.6. The molecule has 0 spiro atoms. The van der Waals surface area contributed by atoms with Crippen LogP contribution in [0.15, 0.2) is 42.5 Å². The van der Waals surface area contributed by atoms with Gasteiger partial charge < -0.3 is 20.1 Å². The third-order valence-corrected chi connectivity index (χ3v) is 6.21. The molecule has 2 N–H and O–H groups in total. The quantitative estimate of drug-likeness (QED) is 0.769. The van der Waals surface area contributed by atoms with E-state index in [-0.39, 0.29) is 18.6 Å². The number of nitrogens with one attached hydrogen (secondary N) is 2. The summed E-state index contributed by atoms with van der Waals surface area (Å²) in [5.74, 6) is 1.35. The summed E-state index contributed by atoms with van der Waals surface area (Å²) in [7, 11) is 1.60. The number of benzene rings is 1. The normalized spacial score (nSPS) is 23.7. The third kappa shape index (κ3) is 4.31. The lowest BCUT2D eigenvalue weighted by molar-refractivity contribution is 0.128. The molecule has 4 rings (SSSR count). The van der Waals surface area contributed by atoms with Gasteiger partial charge in [0.15, 0.2) is 0 Å². The van der Waals surface area contributed by atoms with Gasteiger partial charge in [-0.05, 0) is 30.4 Å². The fourth-order valence-corrected chi connectivity index (χ4v) is 4.65. The van der Waals surface area contributed by atoms with E-state index in [2.05, 4.69) is 22.5 Å². The van der Waals surface area contributed by atoms with Crippen LogP contribution in [0.5, 0.6) is 5.88 Å². The first-order valence-corrected chi connectivity index (χ1v) is 10.4. The van der Waals surface area contributed by atoms with Crippen molar-refractivity contribution in [2.24, 2.45) is 11.8 Å². The van der Waals surface area contributed by atoms with Crippen molar-refractivity contribution in [3.63, 3.8) is 0 Å². The lowest BCUT2D eigenvalue weighted by Gasteiger charge is -2.41. The second kappa shape index (κ2) is 8.72. The highest BCUT2D eigenvalue weighted by Gasteiger charge is 2.40. The van der Waals surface area contributed by atoms with Crippen LogP contribution >= 0.6 is 0 Å². The van der Waals surface area contributed by atoms with Crippen LogP contribution in [0.4, 0.5) is 10.5 Å². The van der Waals surface area contributed by atoms with Gasteiger partial charge in [-0.1, -0.05) is 50.1 Å². The molecule has 1 amide bonds. The minimum absolute atomic E-state index is 0.189. The Hall–Kier alpha value is -2.76. The number of amides is 1. The third-order valence-electron chi connectivity index (χ3n) is 6.21. The largest absolute Gasteiger partial charge is 0.481 e. The van der Waals surface area contributed by atoms with E-state index >= 15 is 0 Å². The van der Waals surface area contributed by atoms with Crippen molar-refractivity contribution >= 4 is 11.8 Å². The number of ether oxygens (including phenoxy) is 2. The van der Waals surface area contributed by atoms with Crippen molar-refractivity contribution in [1.29, 1.82) is 0 Å². The SMILES string of the molecule is COc1ccc2c(n1)C(NC(=O)OCc1ccccc1)[C@@H](C)[C@H](C1CCCC1)N2. The molecule has 1 saturated carbocycles. The Balaban J connectivity index is 1.53. The molecule has 29 heavy (non-hydrogen) atoms. The van der Waals surface area contributed by atoms with Crippen LogP contribution in [-0.2, 0) is 11.3 Å². The second-order valence-corrected chi connectivity index (χ2v) is 8.04. The molecule has 2 aliphatic rings. The Labute approximate surface area is 172 Å². The van der Waals surface area contributed by atoms with E-state index in [9.17, 15) is 4.79 Å². The van der Waals surface area contributed by atoms with E-state index in [1.165, 1.54) is 25.7 Å². The van der Waals surface area contributed by atoms with Crippen LogP contribution in [0.25, 0.3) is 0 Å². The number of pyridine rings is 1. The fourth-order valence-electron chi connectivity index (χ4n) is 4.65. The number of fused-ring (bicyclic) bond motifs is 1. The van der Waals surface area contributed by atoms with Gasteiger partial charge in [0, 0.05) is 18.0 Å². The van der Waals surface area contributed by atoms with Gasteiger partial charge in [-0.25, -0.2) is 9.78 Å². The molecule has 1 aliphatic heterocycles. The predicted octanol–water partition coefficient (Wildman–Crippen LogP) is 4.68. The van der Waals surface area contributed by atoms with E-state index in [0.29, 0.717) is 17.8 Å². The average Bonchev–Trinajstić information content (AvgIpc) is 3.29. The summed E-state index contributed by atoms with van der Waals surface area (Å²) in [5, 5.41) is 6.77. The molecular weight excluding hydrogens is 366 g/mol. The first-order chi connectivity index (χ1) is 14.2. The molecule has 6 nitrogen and oxygen atoms in total. The number of anilines is 1. The van der Waals surface area contributed by atoms with Gasteiger partial charge in [0.05, 0.1) is 24.5 Å². The Kier molecular flexibility index (Phi) is 5.88. The van der Waals surface area contributed by atoms with Gasteiger partial charge in [-0.3, -0.25) is 0 Å². The number of nitrogens with zero attached hydrogens (tertiary/aromatic N) is 1. The standard InChI is InChI=1S/C23H29N3O3/c1-15-20(17-10-6-7-11-17)24-18-12-13-19(28-2)25-22(18)21(15)26-23(27)29-14-16-8-4-3-5-9-16/h3-5,8-9,12-13,15,17,20-21,24H,6-7,10-11,14H2,1-2H3,(H,26,27)/t15-,20+,21?/m0/s1. The fraction of sp³-hybridized carbons (Fsp3) is 0.478. The minimum atomic E-state index is -0.423. The molecule has 0 saturated heterocycles. The van der Waals surface area contributed by atoms with Crippen LogP contribution in [0.2, 0.25) is 0 Å². The summed E-state index contributed by atoms with van der Waals surface area (Å²) in [5.41, 5.74) is 2.74. The first-order valence-electron chi connectivity index (χ1n) is 10.4. The second-order valence-electron chi connectivity index (χ2n) is 8.04. The average molecular weight is 396 g/mol. The van der Waals surface area contributed by atoms with Gasteiger partial charge in [0.25, 0.3) is 0 Å². The lowest BCUT2D eigenvalue weighted by Crippen LogP contribution is -2.47. The zero-order valence-electron chi connectivity index (χ0n) is 17.1. The van der Waals surface area contributed by atoms with E-state index in [0.717, 1.165) is 16.9 Å². The predicted molar refractivity (Wildman–Crippen MR) is 112 cm³/mol. The molecule has 154 valence electrons. The Morgan fingerprint density at radius 2 is 1.93 bits per heavy atom. The number of aromatic nitrogens is 1. The van der Waals surface area contributed by atoms with Gasteiger partial charge in [0.2, 0.25) is 5.88 Å². The number of methoxy groups -OCH3 is 1. The molecule has 2 aromatic rings. The lowest BCUT2D eigenvalue weighted by atomic mass is 9.79. The molecular formula is C23H29N3O3. The van der Waals surface area contributed by atoms with Crippen molar-refractivity contribution < 1.29 is 14.3 Å². The molecule has 1 aliphatic carbocycles.